The third kappa shape index (κ3) is 6.54. The molecular weight excluding hydrogens is 391 g/mol. The fraction of sp³-hybridized carbons (Fsp3) is 0.280. The van der Waals surface area contributed by atoms with Gasteiger partial charge in [0.05, 0.1) is 11.4 Å². The minimum atomic E-state index is -0.243. The second-order valence-electron chi connectivity index (χ2n) is 7.25. The first kappa shape index (κ1) is 23.9. The van der Waals surface area contributed by atoms with Crippen molar-refractivity contribution >= 4 is 11.4 Å². The Bertz CT molecular complexity index is 1060. The van der Waals surface area contributed by atoms with E-state index in [2.05, 4.69) is 46.9 Å². The van der Waals surface area contributed by atoms with Gasteiger partial charge in [-0.3, -0.25) is 0 Å². The summed E-state index contributed by atoms with van der Waals surface area (Å²) in [7, 11) is 2.02. The van der Waals surface area contributed by atoms with Crippen LogP contribution in [-0.4, -0.2) is 29.1 Å². The number of hydrogen-bond acceptors (Lipinski definition) is 4. The summed E-state index contributed by atoms with van der Waals surface area (Å²) in [6.07, 6.45) is 1.69. The van der Waals surface area contributed by atoms with E-state index in [9.17, 15) is 4.39 Å². The third-order valence-corrected chi connectivity index (χ3v) is 4.76. The van der Waals surface area contributed by atoms with Crippen LogP contribution in [-0.2, 0) is 4.84 Å². The molecule has 2 aromatic carbocycles. The number of aryl methyl sites for hydroxylation is 2. The van der Waals surface area contributed by atoms with Crippen molar-refractivity contribution in [2.75, 3.05) is 18.6 Å². The number of benzene rings is 2. The van der Waals surface area contributed by atoms with Crippen LogP contribution in [0.15, 0.2) is 72.2 Å². The summed E-state index contributed by atoms with van der Waals surface area (Å²) in [5, 5.41) is 8.13. The van der Waals surface area contributed by atoms with E-state index in [0.717, 1.165) is 34.0 Å². The van der Waals surface area contributed by atoms with E-state index in [1.807, 2.05) is 46.9 Å². The fourth-order valence-corrected chi connectivity index (χ4v) is 2.92. The van der Waals surface area contributed by atoms with Gasteiger partial charge in [0.15, 0.2) is 0 Å². The highest BCUT2D eigenvalue weighted by molar-refractivity contribution is 5.98. The summed E-state index contributed by atoms with van der Waals surface area (Å²) in [5.74, 6) is -0.243. The Morgan fingerprint density at radius 2 is 1.90 bits per heavy atom. The average Bonchev–Trinajstić information content (AvgIpc) is 3.17. The minimum absolute atomic E-state index is 0.243. The van der Waals surface area contributed by atoms with Gasteiger partial charge >= 0.3 is 0 Å². The van der Waals surface area contributed by atoms with Gasteiger partial charge in [0.2, 0.25) is 0 Å². The lowest BCUT2D eigenvalue weighted by Gasteiger charge is -2.21. The minimum Gasteiger partial charge on any atom is -0.396 e. The molecule has 0 saturated heterocycles. The zero-order valence-electron chi connectivity index (χ0n) is 19.2. The van der Waals surface area contributed by atoms with Gasteiger partial charge < -0.3 is 9.74 Å². The number of rotatable bonds is 6. The molecule has 0 radical (unpaired) electrons. The maximum atomic E-state index is 12.8. The first-order chi connectivity index (χ1) is 14.7. The van der Waals surface area contributed by atoms with Gasteiger partial charge in [0.25, 0.3) is 0 Å². The Morgan fingerprint density at radius 1 is 1.16 bits per heavy atom. The van der Waals surface area contributed by atoms with Gasteiger partial charge in [0.1, 0.15) is 12.4 Å². The Hall–Kier alpha value is -3.41. The van der Waals surface area contributed by atoms with Gasteiger partial charge in [-0.2, -0.15) is 5.10 Å². The quantitative estimate of drug-likeness (QED) is 0.359. The molecule has 0 aliphatic rings. The van der Waals surface area contributed by atoms with Crippen LogP contribution in [0.25, 0.3) is 5.69 Å². The van der Waals surface area contributed by atoms with Gasteiger partial charge in [-0.1, -0.05) is 23.9 Å². The summed E-state index contributed by atoms with van der Waals surface area (Å²) in [6.45, 7) is 14.4. The molecular formula is C25H31FN4O. The van der Waals surface area contributed by atoms with Gasteiger partial charge in [0, 0.05) is 30.3 Å². The number of nitrogens with zero attached hydrogens (tertiary/aromatic N) is 4. The van der Waals surface area contributed by atoms with Crippen LogP contribution in [0, 0.1) is 19.7 Å². The lowest BCUT2D eigenvalue weighted by Crippen LogP contribution is -2.14. The van der Waals surface area contributed by atoms with Crippen LogP contribution in [0.1, 0.15) is 37.6 Å². The monoisotopic (exact) mass is 422 g/mol. The fourth-order valence-electron chi connectivity index (χ4n) is 2.92. The highest BCUT2D eigenvalue weighted by atomic mass is 19.1. The van der Waals surface area contributed by atoms with Crippen molar-refractivity contribution in [1.29, 1.82) is 0 Å². The lowest BCUT2D eigenvalue weighted by atomic mass is 10.1. The molecule has 0 bridgehead atoms. The van der Waals surface area contributed by atoms with Gasteiger partial charge in [-0.25, -0.2) is 9.07 Å². The van der Waals surface area contributed by atoms with Crippen molar-refractivity contribution in [3.05, 3.63) is 89.6 Å². The molecule has 5 nitrogen and oxygen atoms in total. The molecule has 3 aromatic rings. The van der Waals surface area contributed by atoms with Crippen LogP contribution in [0.4, 0.5) is 10.1 Å². The van der Waals surface area contributed by atoms with Crippen molar-refractivity contribution in [1.82, 2.24) is 9.78 Å². The van der Waals surface area contributed by atoms with Crippen molar-refractivity contribution in [2.24, 2.45) is 5.16 Å². The second-order valence-corrected chi connectivity index (χ2v) is 7.25. The average molecular weight is 423 g/mol. The van der Waals surface area contributed by atoms with Crippen molar-refractivity contribution < 1.29 is 9.23 Å². The second kappa shape index (κ2) is 11.1. The van der Waals surface area contributed by atoms with Crippen LogP contribution >= 0.6 is 0 Å². The van der Waals surface area contributed by atoms with E-state index in [-0.39, 0.29) is 5.82 Å². The summed E-state index contributed by atoms with van der Waals surface area (Å²) in [5.41, 5.74) is 7.10. The Kier molecular flexibility index (Phi) is 8.55. The highest BCUT2D eigenvalue weighted by Crippen LogP contribution is 2.23. The standard InChI is InChI=1S/C15H22N2O.C10H9FN2/c1-7-18-16-13(5)14-8-9-15(12(4)10-14)17(6)11(2)3;1-8-5-6-12-13(8)10-4-2-3-9(11)7-10/h8-10H,2,7H2,1,3-6H3;2-7H,1H3/b16-13+;. The van der Waals surface area contributed by atoms with Gasteiger partial charge in [-0.05, 0) is 82.1 Å². The topological polar surface area (TPSA) is 42.6 Å². The first-order valence-electron chi connectivity index (χ1n) is 10.2. The van der Waals surface area contributed by atoms with E-state index in [4.69, 9.17) is 4.84 Å². The Labute approximate surface area is 184 Å². The van der Waals surface area contributed by atoms with E-state index in [1.165, 1.54) is 17.7 Å². The summed E-state index contributed by atoms with van der Waals surface area (Å²) in [6, 6.07) is 14.5. The van der Waals surface area contributed by atoms with E-state index in [0.29, 0.717) is 6.61 Å². The molecule has 1 heterocycles. The van der Waals surface area contributed by atoms with E-state index in [1.54, 1.807) is 16.9 Å². The van der Waals surface area contributed by atoms with E-state index < -0.39 is 0 Å². The maximum absolute atomic E-state index is 12.8. The number of hydrogen-bond donors (Lipinski definition) is 0. The summed E-state index contributed by atoms with van der Waals surface area (Å²) >= 11 is 0. The molecule has 0 spiro atoms. The van der Waals surface area contributed by atoms with Gasteiger partial charge in [-0.15, -0.1) is 0 Å². The molecule has 6 heteroatoms. The summed E-state index contributed by atoms with van der Waals surface area (Å²) < 4.78 is 14.5. The molecule has 0 aliphatic heterocycles. The third-order valence-electron chi connectivity index (χ3n) is 4.76. The Morgan fingerprint density at radius 3 is 2.45 bits per heavy atom. The Balaban J connectivity index is 0.000000231. The molecule has 0 fully saturated rings. The smallest absolute Gasteiger partial charge is 0.125 e. The number of anilines is 1. The zero-order valence-corrected chi connectivity index (χ0v) is 19.2. The molecule has 0 unspecified atom stereocenters. The first-order valence-corrected chi connectivity index (χ1v) is 10.2. The lowest BCUT2D eigenvalue weighted by molar-refractivity contribution is 0.159. The molecule has 31 heavy (non-hydrogen) atoms. The maximum Gasteiger partial charge on any atom is 0.125 e. The SMILES string of the molecule is C=C(C)N(C)c1ccc(/C(C)=N/OCC)cc1C.Cc1ccnn1-c1cccc(F)c1. The van der Waals surface area contributed by atoms with Crippen LogP contribution in [0.2, 0.25) is 0 Å². The number of allylic oxidation sites excluding steroid dienone is 1. The van der Waals surface area contributed by atoms with Crippen LogP contribution < -0.4 is 4.90 Å². The molecule has 3 rings (SSSR count). The molecule has 0 saturated carbocycles. The number of aromatic nitrogens is 2. The van der Waals surface area contributed by atoms with Crippen LogP contribution in [0.5, 0.6) is 0 Å². The van der Waals surface area contributed by atoms with E-state index >= 15 is 0 Å². The zero-order chi connectivity index (χ0) is 23.0. The summed E-state index contributed by atoms with van der Waals surface area (Å²) in [4.78, 5) is 7.15. The predicted octanol–water partition coefficient (Wildman–Crippen LogP) is 6.05. The van der Waals surface area contributed by atoms with Crippen molar-refractivity contribution in [2.45, 2.75) is 34.6 Å². The largest absolute Gasteiger partial charge is 0.396 e. The number of halogens is 1. The molecule has 0 aliphatic carbocycles. The molecule has 164 valence electrons. The molecule has 0 N–H and O–H groups in total. The molecule has 0 atom stereocenters. The highest BCUT2D eigenvalue weighted by Gasteiger charge is 2.07. The predicted molar refractivity (Wildman–Crippen MR) is 126 cm³/mol. The normalized spacial score (nSPS) is 10.9. The molecule has 1 aromatic heterocycles. The van der Waals surface area contributed by atoms with Crippen molar-refractivity contribution in [3.63, 3.8) is 0 Å². The van der Waals surface area contributed by atoms with Crippen LogP contribution in [0.3, 0.4) is 0 Å². The van der Waals surface area contributed by atoms with Crippen molar-refractivity contribution in [3.8, 4) is 5.69 Å². The molecule has 0 amide bonds. The number of oxime groups is 1.